The van der Waals surface area contributed by atoms with Crippen LogP contribution in [0.1, 0.15) is 16.8 Å². The van der Waals surface area contributed by atoms with Gasteiger partial charge in [-0.15, -0.1) is 0 Å². The molecular weight excluding hydrogens is 322 g/mol. The van der Waals surface area contributed by atoms with Crippen LogP contribution < -0.4 is 4.74 Å². The molecule has 0 radical (unpaired) electrons. The van der Waals surface area contributed by atoms with E-state index in [1.54, 1.807) is 25.2 Å². The summed E-state index contributed by atoms with van der Waals surface area (Å²) in [4.78, 5) is 25.0. The summed E-state index contributed by atoms with van der Waals surface area (Å²) in [5.74, 6) is -0.330. The number of hydrogen-bond acceptors (Lipinski definition) is 6. The minimum atomic E-state index is -3.05. The molecule has 1 aliphatic heterocycles. The number of ether oxygens (including phenoxy) is 2. The molecular formula is C15H19NO6S. The molecule has 1 saturated heterocycles. The van der Waals surface area contributed by atoms with Crippen LogP contribution in [0.3, 0.4) is 0 Å². The van der Waals surface area contributed by atoms with E-state index in [-0.39, 0.29) is 30.1 Å². The number of carbonyl (C=O) groups excluding carboxylic acids is 2. The average molecular weight is 341 g/mol. The molecule has 1 fully saturated rings. The lowest BCUT2D eigenvalue weighted by molar-refractivity contribution is -0.133. The highest BCUT2D eigenvalue weighted by atomic mass is 32.2. The van der Waals surface area contributed by atoms with Crippen molar-refractivity contribution >= 4 is 21.7 Å². The summed E-state index contributed by atoms with van der Waals surface area (Å²) in [6, 6.07) is 6.01. The van der Waals surface area contributed by atoms with Crippen molar-refractivity contribution in [1.29, 1.82) is 0 Å². The number of hydrogen-bond donors (Lipinski definition) is 0. The molecule has 0 bridgehead atoms. The maximum absolute atomic E-state index is 12.1. The Labute approximate surface area is 135 Å². The zero-order valence-corrected chi connectivity index (χ0v) is 13.8. The molecule has 8 heteroatoms. The molecule has 0 saturated carbocycles. The molecule has 1 heterocycles. The molecule has 2 rings (SSSR count). The molecule has 1 aromatic rings. The van der Waals surface area contributed by atoms with Crippen molar-refractivity contribution in [3.05, 3.63) is 29.8 Å². The van der Waals surface area contributed by atoms with E-state index in [1.807, 2.05) is 0 Å². The van der Waals surface area contributed by atoms with E-state index in [0.717, 1.165) is 0 Å². The normalized spacial score (nSPS) is 19.1. The lowest BCUT2D eigenvalue weighted by atomic mass is 10.2. The van der Waals surface area contributed by atoms with Crippen molar-refractivity contribution in [3.63, 3.8) is 0 Å². The van der Waals surface area contributed by atoms with Gasteiger partial charge in [-0.3, -0.25) is 4.79 Å². The van der Waals surface area contributed by atoms with E-state index < -0.39 is 15.8 Å². The first-order valence-electron chi connectivity index (χ1n) is 7.09. The van der Waals surface area contributed by atoms with E-state index in [1.165, 1.54) is 18.1 Å². The van der Waals surface area contributed by atoms with Gasteiger partial charge in [0.25, 0.3) is 5.91 Å². The van der Waals surface area contributed by atoms with Gasteiger partial charge in [-0.25, -0.2) is 13.2 Å². The Hall–Kier alpha value is -2.09. The third kappa shape index (κ3) is 4.44. The van der Waals surface area contributed by atoms with Crippen LogP contribution in [0.2, 0.25) is 0 Å². The minimum absolute atomic E-state index is 0.00688. The number of rotatable bonds is 5. The van der Waals surface area contributed by atoms with E-state index in [9.17, 15) is 18.0 Å². The van der Waals surface area contributed by atoms with E-state index >= 15 is 0 Å². The third-order valence-electron chi connectivity index (χ3n) is 3.77. The Balaban J connectivity index is 1.93. The second-order valence-corrected chi connectivity index (χ2v) is 7.60. The van der Waals surface area contributed by atoms with E-state index in [4.69, 9.17) is 4.74 Å². The van der Waals surface area contributed by atoms with Crippen molar-refractivity contribution in [3.8, 4) is 5.75 Å². The maximum Gasteiger partial charge on any atom is 0.337 e. The van der Waals surface area contributed by atoms with Crippen molar-refractivity contribution in [2.24, 2.45) is 0 Å². The zero-order valence-electron chi connectivity index (χ0n) is 13.0. The van der Waals surface area contributed by atoms with Gasteiger partial charge in [0.15, 0.2) is 16.4 Å². The van der Waals surface area contributed by atoms with Gasteiger partial charge in [-0.1, -0.05) is 6.07 Å². The molecule has 0 aromatic heterocycles. The van der Waals surface area contributed by atoms with Crippen LogP contribution in [-0.4, -0.2) is 63.5 Å². The first kappa shape index (κ1) is 17.3. The number of methoxy groups -OCH3 is 1. The summed E-state index contributed by atoms with van der Waals surface area (Å²) >= 11 is 0. The molecule has 0 spiro atoms. The summed E-state index contributed by atoms with van der Waals surface area (Å²) < 4.78 is 32.9. The Bertz CT molecular complexity index is 700. The second-order valence-electron chi connectivity index (χ2n) is 5.37. The van der Waals surface area contributed by atoms with Gasteiger partial charge >= 0.3 is 5.97 Å². The van der Waals surface area contributed by atoms with Gasteiger partial charge in [0.05, 0.1) is 24.2 Å². The number of carbonyl (C=O) groups is 2. The standard InChI is InChI=1S/C15H19NO6S/c1-16(12-6-7-23(19,20)10-12)14(17)9-22-13-5-3-4-11(8-13)15(18)21-2/h3-5,8,12H,6-7,9-10H2,1-2H3/t12-/m0/s1. The second kappa shape index (κ2) is 6.99. The van der Waals surface area contributed by atoms with Gasteiger partial charge in [0, 0.05) is 13.1 Å². The van der Waals surface area contributed by atoms with Crippen molar-refractivity contribution in [2.45, 2.75) is 12.5 Å². The molecule has 23 heavy (non-hydrogen) atoms. The van der Waals surface area contributed by atoms with Gasteiger partial charge in [-0.05, 0) is 24.6 Å². The van der Waals surface area contributed by atoms with Gasteiger partial charge in [-0.2, -0.15) is 0 Å². The predicted molar refractivity (Wildman–Crippen MR) is 83.1 cm³/mol. The summed E-state index contributed by atoms with van der Waals surface area (Å²) in [5.41, 5.74) is 0.327. The topological polar surface area (TPSA) is 90.0 Å². The van der Waals surface area contributed by atoms with Crippen molar-refractivity contribution in [1.82, 2.24) is 4.90 Å². The molecule has 1 aromatic carbocycles. The molecule has 1 aliphatic rings. The summed E-state index contributed by atoms with van der Waals surface area (Å²) in [6.45, 7) is -0.225. The van der Waals surface area contributed by atoms with Gasteiger partial charge in [0.2, 0.25) is 0 Å². The molecule has 1 atom stereocenters. The van der Waals surface area contributed by atoms with Crippen molar-refractivity contribution in [2.75, 3.05) is 32.3 Å². The predicted octanol–water partition coefficient (Wildman–Crippen LogP) is 0.498. The maximum atomic E-state index is 12.1. The SMILES string of the molecule is COC(=O)c1cccc(OCC(=O)N(C)[C@H]2CCS(=O)(=O)C2)c1. The highest BCUT2D eigenvalue weighted by molar-refractivity contribution is 7.91. The highest BCUT2D eigenvalue weighted by Crippen LogP contribution is 2.18. The molecule has 7 nitrogen and oxygen atoms in total. The number of benzene rings is 1. The quantitative estimate of drug-likeness (QED) is 0.725. The largest absolute Gasteiger partial charge is 0.484 e. The van der Waals surface area contributed by atoms with Crippen molar-refractivity contribution < 1.29 is 27.5 Å². The highest BCUT2D eigenvalue weighted by Gasteiger charge is 2.32. The molecule has 1 amide bonds. The number of esters is 1. The summed E-state index contributed by atoms with van der Waals surface area (Å²) in [6.07, 6.45) is 0.447. The van der Waals surface area contributed by atoms with E-state index in [2.05, 4.69) is 4.74 Å². The minimum Gasteiger partial charge on any atom is -0.484 e. The number of nitrogens with zero attached hydrogens (tertiary/aromatic N) is 1. The lowest BCUT2D eigenvalue weighted by Crippen LogP contribution is -2.40. The number of amides is 1. The Morgan fingerprint density at radius 2 is 2.09 bits per heavy atom. The fourth-order valence-electron chi connectivity index (χ4n) is 2.36. The molecule has 0 N–H and O–H groups in total. The number of sulfone groups is 1. The average Bonchev–Trinajstić information content (AvgIpc) is 2.91. The molecule has 0 unspecified atom stereocenters. The van der Waals surface area contributed by atoms with Gasteiger partial charge in [0.1, 0.15) is 5.75 Å². The smallest absolute Gasteiger partial charge is 0.337 e. The first-order valence-corrected chi connectivity index (χ1v) is 8.92. The Morgan fingerprint density at radius 1 is 1.35 bits per heavy atom. The van der Waals surface area contributed by atoms with Crippen LogP contribution in [0, 0.1) is 0 Å². The number of likely N-dealkylation sites (N-methyl/N-ethyl adjacent to an activating group) is 1. The van der Waals surface area contributed by atoms with Crippen LogP contribution in [0.15, 0.2) is 24.3 Å². The van der Waals surface area contributed by atoms with Gasteiger partial charge < -0.3 is 14.4 Å². The Kier molecular flexibility index (Phi) is 5.25. The van der Waals surface area contributed by atoms with Crippen LogP contribution in [-0.2, 0) is 19.4 Å². The fraction of sp³-hybridized carbons (Fsp3) is 0.467. The Morgan fingerprint density at radius 3 is 2.70 bits per heavy atom. The van der Waals surface area contributed by atoms with Crippen LogP contribution in [0.25, 0.3) is 0 Å². The van der Waals surface area contributed by atoms with Crippen LogP contribution >= 0.6 is 0 Å². The first-order chi connectivity index (χ1) is 10.8. The van der Waals surface area contributed by atoms with Crippen LogP contribution in [0.4, 0.5) is 0 Å². The van der Waals surface area contributed by atoms with Crippen LogP contribution in [0.5, 0.6) is 5.75 Å². The fourth-order valence-corrected chi connectivity index (χ4v) is 4.14. The zero-order chi connectivity index (χ0) is 17.0. The monoisotopic (exact) mass is 341 g/mol. The molecule has 126 valence electrons. The summed E-state index contributed by atoms with van der Waals surface area (Å²) in [5, 5.41) is 0. The molecule has 0 aliphatic carbocycles. The lowest BCUT2D eigenvalue weighted by Gasteiger charge is -2.23. The van der Waals surface area contributed by atoms with E-state index in [0.29, 0.717) is 17.7 Å². The third-order valence-corrected chi connectivity index (χ3v) is 5.52. The summed E-state index contributed by atoms with van der Waals surface area (Å²) in [7, 11) is -0.192.